The number of hydrogen-bond donors (Lipinski definition) is 1. The number of hydrogen-bond acceptors (Lipinski definition) is 3. The molecule has 0 saturated heterocycles. The summed E-state index contributed by atoms with van der Waals surface area (Å²) in [5.74, 6) is -0.868. The summed E-state index contributed by atoms with van der Waals surface area (Å²) >= 11 is 1.28. The summed E-state index contributed by atoms with van der Waals surface area (Å²) in [5.41, 5.74) is 0.635. The van der Waals surface area contributed by atoms with E-state index >= 15 is 0 Å². The zero-order chi connectivity index (χ0) is 9.14. The van der Waals surface area contributed by atoms with Crippen LogP contribution in [0.4, 0.5) is 0 Å². The first-order valence-electron chi connectivity index (χ1n) is 3.84. The number of rotatable bonds is 3. The molecule has 0 radical (unpaired) electrons. The smallest absolute Gasteiger partial charge is 0.347 e. The normalized spacial score (nSPS) is 10.2. The fourth-order valence-electron chi connectivity index (χ4n) is 0.972. The molecule has 0 aliphatic heterocycles. The van der Waals surface area contributed by atoms with Crippen LogP contribution in [0, 0.1) is 6.92 Å². The molecule has 0 unspecified atom stereocenters. The highest BCUT2D eigenvalue weighted by Crippen LogP contribution is 2.18. The fourth-order valence-corrected chi connectivity index (χ4v) is 1.98. The Balaban J connectivity index is 2.92. The lowest BCUT2D eigenvalue weighted by molar-refractivity contribution is 0.0701. The monoisotopic (exact) mass is 185 g/mol. The second-order valence-corrected chi connectivity index (χ2v) is 3.66. The zero-order valence-corrected chi connectivity index (χ0v) is 7.94. The number of carbonyl (C=O) groups is 1. The van der Waals surface area contributed by atoms with E-state index in [2.05, 4.69) is 11.9 Å². The van der Waals surface area contributed by atoms with E-state index < -0.39 is 5.97 Å². The van der Waals surface area contributed by atoms with Crippen molar-refractivity contribution in [3.05, 3.63) is 15.6 Å². The van der Waals surface area contributed by atoms with Crippen molar-refractivity contribution in [2.24, 2.45) is 0 Å². The predicted molar refractivity (Wildman–Crippen MR) is 47.8 cm³/mol. The van der Waals surface area contributed by atoms with Gasteiger partial charge in [-0.25, -0.2) is 9.78 Å². The molecular weight excluding hydrogens is 174 g/mol. The quantitative estimate of drug-likeness (QED) is 0.784. The highest BCUT2D eigenvalue weighted by atomic mass is 32.1. The largest absolute Gasteiger partial charge is 0.477 e. The van der Waals surface area contributed by atoms with Gasteiger partial charge in [-0.1, -0.05) is 6.92 Å². The summed E-state index contributed by atoms with van der Waals surface area (Å²) in [4.78, 5) is 15.1. The van der Waals surface area contributed by atoms with Crippen molar-refractivity contribution in [2.45, 2.75) is 26.7 Å². The molecule has 0 fully saturated rings. The fraction of sp³-hybridized carbons (Fsp3) is 0.500. The molecule has 0 aromatic carbocycles. The van der Waals surface area contributed by atoms with E-state index in [4.69, 9.17) is 5.11 Å². The number of aromatic carboxylic acids is 1. The van der Waals surface area contributed by atoms with Crippen LogP contribution < -0.4 is 0 Å². The number of nitrogens with zero attached hydrogens (tertiary/aromatic N) is 1. The molecule has 12 heavy (non-hydrogen) atoms. The van der Waals surface area contributed by atoms with E-state index in [0.717, 1.165) is 17.8 Å². The molecule has 66 valence electrons. The lowest BCUT2D eigenvalue weighted by Crippen LogP contribution is -1.94. The van der Waals surface area contributed by atoms with Crippen molar-refractivity contribution < 1.29 is 9.90 Å². The first-order valence-corrected chi connectivity index (χ1v) is 4.66. The van der Waals surface area contributed by atoms with Gasteiger partial charge in [-0.2, -0.15) is 0 Å². The van der Waals surface area contributed by atoms with Crippen molar-refractivity contribution in [2.75, 3.05) is 0 Å². The van der Waals surface area contributed by atoms with Gasteiger partial charge in [0.25, 0.3) is 0 Å². The Morgan fingerprint density at radius 3 is 2.75 bits per heavy atom. The van der Waals surface area contributed by atoms with Gasteiger partial charge in [0.05, 0.1) is 10.7 Å². The van der Waals surface area contributed by atoms with Crippen molar-refractivity contribution in [3.8, 4) is 0 Å². The molecule has 4 heteroatoms. The van der Waals surface area contributed by atoms with Crippen LogP contribution in [0.3, 0.4) is 0 Å². The van der Waals surface area contributed by atoms with Crippen LogP contribution in [0.5, 0.6) is 0 Å². The zero-order valence-electron chi connectivity index (χ0n) is 7.13. The van der Waals surface area contributed by atoms with E-state index in [-0.39, 0.29) is 0 Å². The molecule has 0 bridgehead atoms. The lowest BCUT2D eigenvalue weighted by Gasteiger charge is -1.85. The van der Waals surface area contributed by atoms with E-state index in [9.17, 15) is 4.79 Å². The topological polar surface area (TPSA) is 50.2 Å². The predicted octanol–water partition coefficient (Wildman–Crippen LogP) is 2.10. The van der Waals surface area contributed by atoms with Crippen molar-refractivity contribution >= 4 is 17.3 Å². The molecule has 1 heterocycles. The van der Waals surface area contributed by atoms with E-state index in [1.54, 1.807) is 6.92 Å². The average Bonchev–Trinajstić information content (AvgIpc) is 2.32. The Morgan fingerprint density at radius 2 is 2.33 bits per heavy atom. The van der Waals surface area contributed by atoms with E-state index in [1.165, 1.54) is 11.3 Å². The summed E-state index contributed by atoms with van der Waals surface area (Å²) in [7, 11) is 0. The molecule has 0 amide bonds. The maximum Gasteiger partial charge on any atom is 0.347 e. The van der Waals surface area contributed by atoms with Crippen molar-refractivity contribution in [1.29, 1.82) is 0 Å². The van der Waals surface area contributed by atoms with Gasteiger partial charge < -0.3 is 5.11 Å². The molecule has 3 nitrogen and oxygen atoms in total. The first-order chi connectivity index (χ1) is 5.65. The van der Waals surface area contributed by atoms with Gasteiger partial charge in [0.1, 0.15) is 4.88 Å². The second-order valence-electron chi connectivity index (χ2n) is 2.58. The third-order valence-electron chi connectivity index (χ3n) is 1.50. The molecule has 0 saturated carbocycles. The minimum absolute atomic E-state index is 0.374. The summed E-state index contributed by atoms with van der Waals surface area (Å²) < 4.78 is 0. The Labute approximate surface area is 75.1 Å². The number of aryl methyl sites for hydroxylation is 2. The summed E-state index contributed by atoms with van der Waals surface area (Å²) in [5, 5.41) is 9.64. The van der Waals surface area contributed by atoms with Crippen LogP contribution >= 0.6 is 11.3 Å². The Morgan fingerprint density at radius 1 is 1.67 bits per heavy atom. The molecular formula is C8H11NO2S. The van der Waals surface area contributed by atoms with Crippen molar-refractivity contribution in [3.63, 3.8) is 0 Å². The molecule has 1 rings (SSSR count). The third-order valence-corrected chi connectivity index (χ3v) is 2.70. The van der Waals surface area contributed by atoms with Gasteiger partial charge in [0, 0.05) is 0 Å². The first kappa shape index (κ1) is 9.19. The third kappa shape index (κ3) is 1.82. The van der Waals surface area contributed by atoms with Crippen LogP contribution in [0.1, 0.15) is 33.7 Å². The van der Waals surface area contributed by atoms with Gasteiger partial charge >= 0.3 is 5.97 Å². The highest BCUT2D eigenvalue weighted by molar-refractivity contribution is 7.13. The lowest BCUT2D eigenvalue weighted by atomic mass is 10.3. The van der Waals surface area contributed by atoms with Gasteiger partial charge in [0.15, 0.2) is 0 Å². The highest BCUT2D eigenvalue weighted by Gasteiger charge is 2.12. The summed E-state index contributed by atoms with van der Waals surface area (Å²) in [6.45, 7) is 3.79. The van der Waals surface area contributed by atoms with Crippen LogP contribution in [0.2, 0.25) is 0 Å². The maximum absolute atomic E-state index is 10.6. The molecule has 0 atom stereocenters. The van der Waals surface area contributed by atoms with E-state index in [1.807, 2.05) is 0 Å². The van der Waals surface area contributed by atoms with Gasteiger partial charge in [0.2, 0.25) is 0 Å². The minimum atomic E-state index is -0.868. The minimum Gasteiger partial charge on any atom is -0.477 e. The van der Waals surface area contributed by atoms with E-state index in [0.29, 0.717) is 10.6 Å². The van der Waals surface area contributed by atoms with Gasteiger partial charge in [-0.3, -0.25) is 0 Å². The van der Waals surface area contributed by atoms with Gasteiger partial charge in [-0.05, 0) is 19.8 Å². The van der Waals surface area contributed by atoms with Gasteiger partial charge in [-0.15, -0.1) is 11.3 Å². The van der Waals surface area contributed by atoms with Crippen LogP contribution in [-0.2, 0) is 6.42 Å². The number of carboxylic acids is 1. The SMILES string of the molecule is CCCc1nc(C)c(C(=O)O)s1. The molecule has 1 aromatic heterocycles. The Bertz CT molecular complexity index is 293. The molecule has 0 spiro atoms. The van der Waals surface area contributed by atoms with Crippen LogP contribution in [0.25, 0.3) is 0 Å². The van der Waals surface area contributed by atoms with Crippen LogP contribution in [0.15, 0.2) is 0 Å². The molecule has 1 N–H and O–H groups in total. The van der Waals surface area contributed by atoms with Crippen molar-refractivity contribution in [1.82, 2.24) is 4.98 Å². The molecule has 0 aliphatic carbocycles. The number of thiazole rings is 1. The number of carboxylic acid groups (broad SMARTS) is 1. The summed E-state index contributed by atoms with van der Waals surface area (Å²) in [6, 6.07) is 0. The molecule has 0 aliphatic rings. The Kier molecular flexibility index (Phi) is 2.81. The Hall–Kier alpha value is -0.900. The summed E-state index contributed by atoms with van der Waals surface area (Å²) in [6.07, 6.45) is 1.88. The second kappa shape index (κ2) is 3.67. The standard InChI is InChI=1S/C8H11NO2S/c1-3-4-6-9-5(2)7(12-6)8(10)11/h3-4H2,1-2H3,(H,10,11). The maximum atomic E-state index is 10.6. The number of aromatic nitrogens is 1. The van der Waals surface area contributed by atoms with Crippen LogP contribution in [-0.4, -0.2) is 16.1 Å². The average molecular weight is 185 g/mol. The molecule has 1 aromatic rings.